The van der Waals surface area contributed by atoms with E-state index in [1.54, 1.807) is 0 Å². The number of hydrogen-bond donors (Lipinski definition) is 0. The first-order chi connectivity index (χ1) is 8.27. The van der Waals surface area contributed by atoms with Crippen LogP contribution in [0.2, 0.25) is 0 Å². The lowest BCUT2D eigenvalue weighted by atomic mass is 9.96. The molecule has 84 valence electrons. The van der Waals surface area contributed by atoms with Crippen LogP contribution in [0.15, 0.2) is 54.6 Å². The maximum absolute atomic E-state index is 2.49. The first kappa shape index (κ1) is 11.0. The summed E-state index contributed by atoms with van der Waals surface area (Å²) in [5.41, 5.74) is 1.43. The van der Waals surface area contributed by atoms with Crippen LogP contribution in [0.25, 0.3) is 21.5 Å². The van der Waals surface area contributed by atoms with Gasteiger partial charge in [-0.05, 0) is 40.1 Å². The van der Waals surface area contributed by atoms with Gasteiger partial charge < -0.3 is 0 Å². The molecule has 0 aromatic heterocycles. The fourth-order valence-electron chi connectivity index (χ4n) is 2.41. The van der Waals surface area contributed by atoms with Crippen molar-refractivity contribution in [3.05, 3.63) is 60.2 Å². The van der Waals surface area contributed by atoms with E-state index in [-0.39, 0.29) is 0 Å². The molecule has 1 unspecified atom stereocenters. The van der Waals surface area contributed by atoms with E-state index in [1.807, 2.05) is 0 Å². The van der Waals surface area contributed by atoms with Crippen molar-refractivity contribution in [1.29, 1.82) is 0 Å². The van der Waals surface area contributed by atoms with Crippen molar-refractivity contribution in [3.63, 3.8) is 0 Å². The van der Waals surface area contributed by atoms with Crippen LogP contribution < -0.4 is 0 Å². The van der Waals surface area contributed by atoms with Crippen LogP contribution in [0.5, 0.6) is 0 Å². The van der Waals surface area contributed by atoms with Crippen LogP contribution in [0.1, 0.15) is 16.4 Å². The number of fused-ring (bicyclic) bond motifs is 3. The molecular formula is C16H13I. The van der Waals surface area contributed by atoms with Crippen molar-refractivity contribution < 1.29 is 0 Å². The Morgan fingerprint density at radius 1 is 0.824 bits per heavy atom. The molecule has 3 rings (SSSR count). The Kier molecular flexibility index (Phi) is 2.79. The van der Waals surface area contributed by atoms with E-state index < -0.39 is 0 Å². The molecule has 0 saturated carbocycles. The number of rotatable bonds is 1. The molecule has 3 aromatic rings. The second kappa shape index (κ2) is 4.30. The molecule has 1 heteroatoms. The van der Waals surface area contributed by atoms with Crippen LogP contribution in [0, 0.1) is 0 Å². The average molecular weight is 332 g/mol. The fraction of sp³-hybridized carbons (Fsp3) is 0.125. The molecule has 0 bridgehead atoms. The molecule has 0 amide bonds. The molecule has 0 fully saturated rings. The molecule has 0 saturated heterocycles. The van der Waals surface area contributed by atoms with Crippen molar-refractivity contribution in [3.8, 4) is 0 Å². The van der Waals surface area contributed by atoms with Gasteiger partial charge in [-0.1, -0.05) is 71.1 Å². The summed E-state index contributed by atoms with van der Waals surface area (Å²) in [6, 6.07) is 19.7. The molecule has 0 N–H and O–H groups in total. The van der Waals surface area contributed by atoms with E-state index in [2.05, 4.69) is 84.1 Å². The van der Waals surface area contributed by atoms with E-state index in [0.29, 0.717) is 3.92 Å². The second-order valence-corrected chi connectivity index (χ2v) is 6.22. The number of benzene rings is 3. The lowest BCUT2D eigenvalue weighted by Crippen LogP contribution is -1.88. The van der Waals surface area contributed by atoms with Gasteiger partial charge >= 0.3 is 0 Å². The zero-order valence-electron chi connectivity index (χ0n) is 9.65. The Morgan fingerprint density at radius 3 is 2.12 bits per heavy atom. The molecule has 0 aliphatic carbocycles. The highest BCUT2D eigenvalue weighted by atomic mass is 127. The molecule has 0 heterocycles. The first-order valence-electron chi connectivity index (χ1n) is 5.82. The predicted molar refractivity (Wildman–Crippen MR) is 83.9 cm³/mol. The van der Waals surface area contributed by atoms with E-state index in [4.69, 9.17) is 0 Å². The Bertz CT molecular complexity index is 683. The quantitative estimate of drug-likeness (QED) is 0.314. The fourth-order valence-corrected chi connectivity index (χ4v) is 2.93. The minimum Gasteiger partial charge on any atom is -0.0777 e. The van der Waals surface area contributed by atoms with E-state index in [1.165, 1.54) is 27.1 Å². The smallest absolute Gasteiger partial charge is 0.0337 e. The van der Waals surface area contributed by atoms with E-state index in [0.717, 1.165) is 0 Å². The second-order valence-electron chi connectivity index (χ2n) is 4.35. The third-order valence-corrected chi connectivity index (χ3v) is 3.90. The molecular weight excluding hydrogens is 319 g/mol. The lowest BCUT2D eigenvalue weighted by Gasteiger charge is -2.12. The van der Waals surface area contributed by atoms with Crippen molar-refractivity contribution in [1.82, 2.24) is 0 Å². The van der Waals surface area contributed by atoms with Gasteiger partial charge in [0.25, 0.3) is 0 Å². The van der Waals surface area contributed by atoms with Crippen molar-refractivity contribution >= 4 is 44.1 Å². The summed E-state index contributed by atoms with van der Waals surface area (Å²) in [7, 11) is 0. The lowest BCUT2D eigenvalue weighted by molar-refractivity contribution is 1.17. The minimum atomic E-state index is 0.530. The summed E-state index contributed by atoms with van der Waals surface area (Å²) < 4.78 is 0.530. The Morgan fingerprint density at radius 2 is 1.41 bits per heavy atom. The van der Waals surface area contributed by atoms with Crippen LogP contribution in [-0.4, -0.2) is 0 Å². The topological polar surface area (TPSA) is 0 Å². The van der Waals surface area contributed by atoms with Gasteiger partial charge in [-0.15, -0.1) is 0 Å². The normalized spacial score (nSPS) is 13.1. The van der Waals surface area contributed by atoms with Gasteiger partial charge in [-0.3, -0.25) is 0 Å². The van der Waals surface area contributed by atoms with Gasteiger partial charge in [0.2, 0.25) is 0 Å². The standard InChI is InChI=1S/C16H13I/c1-11(17)16-10-12-6-2-3-7-13(12)14-8-4-5-9-15(14)16/h2-11H,1H3. The van der Waals surface area contributed by atoms with Gasteiger partial charge in [-0.25, -0.2) is 0 Å². The molecule has 0 aliphatic rings. The van der Waals surface area contributed by atoms with Crippen LogP contribution >= 0.6 is 22.6 Å². The van der Waals surface area contributed by atoms with Gasteiger partial charge in [0, 0.05) is 3.92 Å². The van der Waals surface area contributed by atoms with Crippen molar-refractivity contribution in [2.24, 2.45) is 0 Å². The highest BCUT2D eigenvalue weighted by Gasteiger charge is 2.09. The monoisotopic (exact) mass is 332 g/mol. The summed E-state index contributed by atoms with van der Waals surface area (Å²) >= 11 is 2.49. The Balaban J connectivity index is 2.55. The van der Waals surface area contributed by atoms with Crippen molar-refractivity contribution in [2.75, 3.05) is 0 Å². The van der Waals surface area contributed by atoms with Crippen molar-refractivity contribution in [2.45, 2.75) is 10.8 Å². The largest absolute Gasteiger partial charge is 0.0777 e. The summed E-state index contributed by atoms with van der Waals surface area (Å²) in [5, 5.41) is 5.44. The first-order valence-corrected chi connectivity index (χ1v) is 7.06. The Labute approximate surface area is 115 Å². The zero-order valence-corrected chi connectivity index (χ0v) is 11.8. The van der Waals surface area contributed by atoms with Gasteiger partial charge in [0.05, 0.1) is 0 Å². The van der Waals surface area contributed by atoms with Crippen LogP contribution in [0.3, 0.4) is 0 Å². The summed E-state index contributed by atoms with van der Waals surface area (Å²) in [5.74, 6) is 0. The average Bonchev–Trinajstić information content (AvgIpc) is 2.37. The van der Waals surface area contributed by atoms with Crippen LogP contribution in [-0.2, 0) is 0 Å². The molecule has 0 spiro atoms. The summed E-state index contributed by atoms with van der Waals surface area (Å²) in [6.45, 7) is 2.25. The third kappa shape index (κ3) is 1.82. The summed E-state index contributed by atoms with van der Waals surface area (Å²) in [4.78, 5) is 0. The molecule has 0 aliphatic heterocycles. The maximum atomic E-state index is 2.49. The summed E-state index contributed by atoms with van der Waals surface area (Å²) in [6.07, 6.45) is 0. The minimum absolute atomic E-state index is 0.530. The highest BCUT2D eigenvalue weighted by molar-refractivity contribution is 14.1. The molecule has 0 nitrogen and oxygen atoms in total. The number of halogens is 1. The molecule has 3 aromatic carbocycles. The number of hydrogen-bond acceptors (Lipinski definition) is 0. The number of alkyl halides is 1. The zero-order chi connectivity index (χ0) is 11.8. The predicted octanol–water partition coefficient (Wildman–Crippen LogP) is 5.49. The Hall–Kier alpha value is -1.09. The molecule has 0 radical (unpaired) electrons. The molecule has 1 atom stereocenters. The highest BCUT2D eigenvalue weighted by Crippen LogP contribution is 2.34. The SMILES string of the molecule is CC(I)c1cc2ccccc2c2ccccc12. The van der Waals surface area contributed by atoms with Crippen LogP contribution in [0.4, 0.5) is 0 Å². The van der Waals surface area contributed by atoms with Gasteiger partial charge in [0.15, 0.2) is 0 Å². The van der Waals surface area contributed by atoms with E-state index >= 15 is 0 Å². The third-order valence-electron chi connectivity index (χ3n) is 3.23. The van der Waals surface area contributed by atoms with E-state index in [9.17, 15) is 0 Å². The maximum Gasteiger partial charge on any atom is 0.0337 e. The van der Waals surface area contributed by atoms with Gasteiger partial charge in [-0.2, -0.15) is 0 Å². The molecule has 17 heavy (non-hydrogen) atoms. The van der Waals surface area contributed by atoms with Gasteiger partial charge in [0.1, 0.15) is 0 Å².